The second kappa shape index (κ2) is 11.5. The van der Waals surface area contributed by atoms with Gasteiger partial charge in [-0.2, -0.15) is 0 Å². The third kappa shape index (κ3) is 5.49. The van der Waals surface area contributed by atoms with E-state index in [4.69, 9.17) is 9.72 Å². The highest BCUT2D eigenvalue weighted by Gasteiger charge is 2.23. The standard InChI is InChI=1S/C30H34F2N6O/c1-5-10-37(6-2)22-17-26(30(33-18-22)38-11-13-39-14-12-38)36-29-20(4)28(24-9-7-8-19(3)34-24)35-25-16-21(31)15-23(32)27(25)29/h7-9,15-18H,5-6,10-14H2,1-4H3,(H,35,36). The Morgan fingerprint density at radius 1 is 1.05 bits per heavy atom. The van der Waals surface area contributed by atoms with Crippen molar-refractivity contribution in [3.05, 3.63) is 65.5 Å². The molecule has 9 heteroatoms. The Morgan fingerprint density at radius 3 is 2.56 bits per heavy atom. The Hall–Kier alpha value is -3.85. The monoisotopic (exact) mass is 532 g/mol. The first-order chi connectivity index (χ1) is 18.9. The molecule has 1 aliphatic rings. The van der Waals surface area contributed by atoms with Crippen LogP contribution in [0.1, 0.15) is 31.5 Å². The third-order valence-electron chi connectivity index (χ3n) is 7.04. The summed E-state index contributed by atoms with van der Waals surface area (Å²) in [4.78, 5) is 18.6. The zero-order valence-electron chi connectivity index (χ0n) is 22.9. The van der Waals surface area contributed by atoms with Gasteiger partial charge in [-0.05, 0) is 45.4 Å². The Bertz CT molecular complexity index is 1490. The molecule has 0 bridgehead atoms. The summed E-state index contributed by atoms with van der Waals surface area (Å²) in [6.45, 7) is 12.4. The number of benzene rings is 1. The first kappa shape index (κ1) is 26.7. The van der Waals surface area contributed by atoms with E-state index in [0.29, 0.717) is 48.9 Å². The molecule has 0 saturated carbocycles. The summed E-state index contributed by atoms with van der Waals surface area (Å²) in [5, 5.41) is 3.75. The van der Waals surface area contributed by atoms with Crippen LogP contribution in [-0.4, -0.2) is 54.3 Å². The van der Waals surface area contributed by atoms with Gasteiger partial charge in [-0.15, -0.1) is 0 Å². The molecule has 7 nitrogen and oxygen atoms in total. The number of rotatable bonds is 8. The van der Waals surface area contributed by atoms with Gasteiger partial charge in [0.15, 0.2) is 5.82 Å². The largest absolute Gasteiger partial charge is 0.378 e. The summed E-state index contributed by atoms with van der Waals surface area (Å²) < 4.78 is 35.4. The summed E-state index contributed by atoms with van der Waals surface area (Å²) in [7, 11) is 0. The van der Waals surface area contributed by atoms with Crippen LogP contribution in [0.3, 0.4) is 0 Å². The highest BCUT2D eigenvalue weighted by molar-refractivity contribution is 5.99. The molecule has 0 amide bonds. The van der Waals surface area contributed by atoms with Crippen molar-refractivity contribution in [2.24, 2.45) is 0 Å². The summed E-state index contributed by atoms with van der Waals surface area (Å²) >= 11 is 0. The minimum Gasteiger partial charge on any atom is -0.378 e. The van der Waals surface area contributed by atoms with Crippen LogP contribution in [0.5, 0.6) is 0 Å². The highest BCUT2D eigenvalue weighted by atomic mass is 19.1. The molecule has 5 rings (SSSR count). The van der Waals surface area contributed by atoms with Crippen LogP contribution in [-0.2, 0) is 4.74 Å². The second-order valence-electron chi connectivity index (χ2n) is 9.78. The van der Waals surface area contributed by atoms with Gasteiger partial charge in [0.2, 0.25) is 0 Å². The average molecular weight is 533 g/mol. The molecule has 0 atom stereocenters. The van der Waals surface area contributed by atoms with Crippen LogP contribution < -0.4 is 15.1 Å². The van der Waals surface area contributed by atoms with Crippen molar-refractivity contribution < 1.29 is 13.5 Å². The van der Waals surface area contributed by atoms with E-state index in [2.05, 4.69) is 45.0 Å². The van der Waals surface area contributed by atoms with Gasteiger partial charge in [0.05, 0.1) is 58.8 Å². The van der Waals surface area contributed by atoms with Crippen molar-refractivity contribution in [3.63, 3.8) is 0 Å². The minimum absolute atomic E-state index is 0.220. The topological polar surface area (TPSA) is 66.4 Å². The normalized spacial score (nSPS) is 13.6. The van der Waals surface area contributed by atoms with Crippen LogP contribution in [0.25, 0.3) is 22.3 Å². The molecule has 0 radical (unpaired) electrons. The van der Waals surface area contributed by atoms with Crippen molar-refractivity contribution in [3.8, 4) is 11.4 Å². The highest BCUT2D eigenvalue weighted by Crippen LogP contribution is 2.39. The predicted molar refractivity (Wildman–Crippen MR) is 153 cm³/mol. The van der Waals surface area contributed by atoms with Crippen LogP contribution in [0.2, 0.25) is 0 Å². The average Bonchev–Trinajstić information content (AvgIpc) is 2.93. The SMILES string of the molecule is CCCN(CC)c1cnc(N2CCOCC2)c(Nc2c(C)c(-c3cccc(C)n3)nc3cc(F)cc(F)c23)c1. The summed E-state index contributed by atoms with van der Waals surface area (Å²) in [6.07, 6.45) is 2.89. The molecule has 1 aromatic carbocycles. The van der Waals surface area contributed by atoms with Crippen molar-refractivity contribution in [2.75, 3.05) is 54.5 Å². The third-order valence-corrected chi connectivity index (χ3v) is 7.04. The fourth-order valence-electron chi connectivity index (χ4n) is 5.10. The molecule has 1 saturated heterocycles. The summed E-state index contributed by atoms with van der Waals surface area (Å²) in [6, 6.07) is 9.89. The lowest BCUT2D eigenvalue weighted by molar-refractivity contribution is 0.122. The van der Waals surface area contributed by atoms with Gasteiger partial charge in [0, 0.05) is 49.6 Å². The number of morpholine rings is 1. The quantitative estimate of drug-likeness (QED) is 0.282. The Balaban J connectivity index is 1.72. The first-order valence-corrected chi connectivity index (χ1v) is 13.5. The Morgan fingerprint density at radius 2 is 1.85 bits per heavy atom. The number of fused-ring (bicyclic) bond motifs is 1. The fourth-order valence-corrected chi connectivity index (χ4v) is 5.10. The number of halogens is 2. The molecule has 1 aliphatic heterocycles. The van der Waals surface area contributed by atoms with Crippen LogP contribution in [0.4, 0.5) is 31.7 Å². The van der Waals surface area contributed by atoms with Crippen molar-refractivity contribution >= 4 is 33.8 Å². The Kier molecular flexibility index (Phi) is 7.88. The maximum absolute atomic E-state index is 15.4. The van der Waals surface area contributed by atoms with E-state index in [0.717, 1.165) is 48.5 Å². The van der Waals surface area contributed by atoms with Gasteiger partial charge >= 0.3 is 0 Å². The molecule has 1 N–H and O–H groups in total. The maximum atomic E-state index is 15.4. The predicted octanol–water partition coefficient (Wildman–Crippen LogP) is 6.40. The van der Waals surface area contributed by atoms with Gasteiger partial charge in [-0.25, -0.2) is 18.7 Å². The van der Waals surface area contributed by atoms with E-state index >= 15 is 4.39 Å². The minimum atomic E-state index is -0.679. The van der Waals surface area contributed by atoms with Gasteiger partial charge in [-0.1, -0.05) is 13.0 Å². The zero-order valence-corrected chi connectivity index (χ0v) is 22.9. The van der Waals surface area contributed by atoms with E-state index in [1.165, 1.54) is 6.07 Å². The molecule has 39 heavy (non-hydrogen) atoms. The number of aromatic nitrogens is 3. The number of anilines is 4. The van der Waals surface area contributed by atoms with E-state index in [9.17, 15) is 4.39 Å². The lowest BCUT2D eigenvalue weighted by atomic mass is 10.0. The number of aryl methyl sites for hydroxylation is 1. The lowest BCUT2D eigenvalue weighted by Crippen LogP contribution is -2.37. The molecule has 0 aliphatic carbocycles. The van der Waals surface area contributed by atoms with Gasteiger partial charge < -0.3 is 19.9 Å². The molecule has 204 valence electrons. The van der Waals surface area contributed by atoms with Gasteiger partial charge in [0.25, 0.3) is 0 Å². The molecule has 4 heterocycles. The smallest absolute Gasteiger partial charge is 0.152 e. The van der Waals surface area contributed by atoms with Crippen molar-refractivity contribution in [2.45, 2.75) is 34.1 Å². The molecule has 0 unspecified atom stereocenters. The number of ether oxygens (including phenoxy) is 1. The molecular weight excluding hydrogens is 498 g/mol. The Labute approximate surface area is 227 Å². The summed E-state index contributed by atoms with van der Waals surface area (Å²) in [5.74, 6) is -0.594. The van der Waals surface area contributed by atoms with E-state index < -0.39 is 11.6 Å². The van der Waals surface area contributed by atoms with E-state index in [1.807, 2.05) is 38.2 Å². The molecule has 4 aromatic rings. The van der Waals surface area contributed by atoms with E-state index in [1.54, 1.807) is 0 Å². The van der Waals surface area contributed by atoms with Crippen LogP contribution in [0.15, 0.2) is 42.6 Å². The number of nitrogens with one attached hydrogen (secondary N) is 1. The maximum Gasteiger partial charge on any atom is 0.152 e. The van der Waals surface area contributed by atoms with Crippen molar-refractivity contribution in [1.82, 2.24) is 15.0 Å². The van der Waals surface area contributed by atoms with Crippen molar-refractivity contribution in [1.29, 1.82) is 0 Å². The van der Waals surface area contributed by atoms with E-state index in [-0.39, 0.29) is 10.9 Å². The first-order valence-electron chi connectivity index (χ1n) is 13.5. The lowest BCUT2D eigenvalue weighted by Gasteiger charge is -2.31. The number of hydrogen-bond acceptors (Lipinski definition) is 7. The molecule has 0 spiro atoms. The molecule has 1 fully saturated rings. The van der Waals surface area contributed by atoms with Crippen LogP contribution >= 0.6 is 0 Å². The summed E-state index contributed by atoms with van der Waals surface area (Å²) in [5.41, 5.74) is 5.20. The van der Waals surface area contributed by atoms with Gasteiger partial charge in [0.1, 0.15) is 11.6 Å². The number of hydrogen-bond donors (Lipinski definition) is 1. The second-order valence-corrected chi connectivity index (χ2v) is 9.78. The zero-order chi connectivity index (χ0) is 27.5. The van der Waals surface area contributed by atoms with Crippen LogP contribution in [0, 0.1) is 25.5 Å². The molecular formula is C30H34F2N6O. The van der Waals surface area contributed by atoms with Gasteiger partial charge in [-0.3, -0.25) is 4.98 Å². The number of nitrogens with zero attached hydrogens (tertiary/aromatic N) is 5. The molecule has 3 aromatic heterocycles. The fraction of sp³-hybridized carbons (Fsp3) is 0.367. The number of pyridine rings is 3.